The van der Waals surface area contributed by atoms with Gasteiger partial charge in [0.2, 0.25) is 11.8 Å². The number of halogens is 1. The molecule has 7 nitrogen and oxygen atoms in total. The maximum absolute atomic E-state index is 14.5. The summed E-state index contributed by atoms with van der Waals surface area (Å²) in [6.45, 7) is 2.41. The summed E-state index contributed by atoms with van der Waals surface area (Å²) in [5.41, 5.74) is 2.13. The highest BCUT2D eigenvalue weighted by Crippen LogP contribution is 2.35. The molecule has 1 saturated heterocycles. The highest BCUT2D eigenvalue weighted by atomic mass is 19.1. The van der Waals surface area contributed by atoms with Gasteiger partial charge in [0.05, 0.1) is 12.5 Å². The first-order valence-electron chi connectivity index (χ1n) is 13.8. The molecule has 2 fully saturated rings. The van der Waals surface area contributed by atoms with Gasteiger partial charge in [0.15, 0.2) is 0 Å². The third kappa shape index (κ3) is 6.52. The van der Waals surface area contributed by atoms with Crippen molar-refractivity contribution in [2.45, 2.75) is 82.8 Å². The number of piperidine rings is 1. The lowest BCUT2D eigenvalue weighted by Gasteiger charge is -2.40. The highest BCUT2D eigenvalue weighted by molar-refractivity contribution is 6.00. The van der Waals surface area contributed by atoms with Crippen molar-refractivity contribution < 1.29 is 18.8 Å². The van der Waals surface area contributed by atoms with Gasteiger partial charge in [0, 0.05) is 25.3 Å². The first-order valence-corrected chi connectivity index (χ1v) is 13.8. The molecule has 0 aromatic heterocycles. The number of amides is 4. The van der Waals surface area contributed by atoms with E-state index < -0.39 is 17.9 Å². The molecular weight excluding hydrogens is 483 g/mol. The molecule has 4 amide bonds. The lowest BCUT2D eigenvalue weighted by atomic mass is 9.92. The van der Waals surface area contributed by atoms with Crippen molar-refractivity contribution in [3.63, 3.8) is 0 Å². The van der Waals surface area contributed by atoms with Crippen molar-refractivity contribution >= 4 is 23.5 Å². The van der Waals surface area contributed by atoms with Crippen LogP contribution < -0.4 is 15.5 Å². The average Bonchev–Trinajstić information content (AvgIpc) is 2.93. The van der Waals surface area contributed by atoms with Gasteiger partial charge in [-0.3, -0.25) is 9.59 Å². The summed E-state index contributed by atoms with van der Waals surface area (Å²) in [5.74, 6) is -0.911. The van der Waals surface area contributed by atoms with Crippen LogP contribution in [-0.2, 0) is 9.59 Å². The minimum absolute atomic E-state index is 0.0380. The largest absolute Gasteiger partial charge is 0.353 e. The van der Waals surface area contributed by atoms with Crippen molar-refractivity contribution in [1.82, 2.24) is 15.5 Å². The number of aryl methyl sites for hydroxylation is 1. The molecule has 0 bridgehead atoms. The number of hydrogen-bond donors (Lipinski definition) is 2. The third-order valence-corrected chi connectivity index (χ3v) is 7.79. The van der Waals surface area contributed by atoms with E-state index in [1.54, 1.807) is 29.0 Å². The smallest absolute Gasteiger partial charge is 0.317 e. The van der Waals surface area contributed by atoms with Crippen molar-refractivity contribution in [2.24, 2.45) is 0 Å². The van der Waals surface area contributed by atoms with Gasteiger partial charge in [0.25, 0.3) is 0 Å². The van der Waals surface area contributed by atoms with Crippen LogP contribution in [0.15, 0.2) is 48.5 Å². The third-order valence-electron chi connectivity index (χ3n) is 7.79. The number of hydrogen-bond acceptors (Lipinski definition) is 3. The maximum Gasteiger partial charge on any atom is 0.317 e. The minimum Gasteiger partial charge on any atom is -0.353 e. The Labute approximate surface area is 224 Å². The molecule has 0 radical (unpaired) electrons. The Hall–Kier alpha value is -3.42. The van der Waals surface area contributed by atoms with Gasteiger partial charge < -0.3 is 20.4 Å². The van der Waals surface area contributed by atoms with E-state index in [0.29, 0.717) is 18.7 Å². The normalized spacial score (nSPS) is 18.9. The summed E-state index contributed by atoms with van der Waals surface area (Å²) in [5, 5.41) is 5.83. The second kappa shape index (κ2) is 12.9. The van der Waals surface area contributed by atoms with Crippen molar-refractivity contribution in [1.29, 1.82) is 0 Å². The number of anilines is 1. The van der Waals surface area contributed by atoms with Crippen LogP contribution in [0.2, 0.25) is 0 Å². The molecule has 2 aromatic rings. The molecule has 0 unspecified atom stereocenters. The van der Waals surface area contributed by atoms with Crippen LogP contribution in [0.5, 0.6) is 0 Å². The SMILES string of the molecule is CNC(=O)N1CCCC[C@@H]1C(=O)N(c1cccc(F)c1)[C@H](CC(=O)NC1CCCCC1)c1ccccc1C. The second-order valence-electron chi connectivity index (χ2n) is 10.4. The summed E-state index contributed by atoms with van der Waals surface area (Å²) >= 11 is 0. The van der Waals surface area contributed by atoms with Crippen molar-refractivity contribution in [3.05, 3.63) is 65.5 Å². The van der Waals surface area contributed by atoms with Crippen molar-refractivity contribution in [3.8, 4) is 0 Å². The molecule has 1 aliphatic carbocycles. The molecule has 1 aliphatic heterocycles. The number of nitrogens with one attached hydrogen (secondary N) is 2. The van der Waals surface area contributed by atoms with Crippen LogP contribution in [0, 0.1) is 12.7 Å². The zero-order valence-electron chi connectivity index (χ0n) is 22.4. The number of likely N-dealkylation sites (tertiary alicyclic amines) is 1. The lowest BCUT2D eigenvalue weighted by Crippen LogP contribution is -2.56. The first-order chi connectivity index (χ1) is 18.4. The molecule has 8 heteroatoms. The first kappa shape index (κ1) is 27.6. The predicted molar refractivity (Wildman–Crippen MR) is 146 cm³/mol. The van der Waals surface area contributed by atoms with Crippen LogP contribution in [-0.4, -0.2) is 48.4 Å². The molecule has 204 valence electrons. The molecule has 2 atom stereocenters. The summed E-state index contributed by atoms with van der Waals surface area (Å²) in [6, 6.07) is 12.1. The topological polar surface area (TPSA) is 81.8 Å². The predicted octanol–water partition coefficient (Wildman–Crippen LogP) is 5.24. The maximum atomic E-state index is 14.5. The second-order valence-corrected chi connectivity index (χ2v) is 10.4. The summed E-state index contributed by atoms with van der Waals surface area (Å²) in [7, 11) is 1.55. The van der Waals surface area contributed by atoms with Gasteiger partial charge in [-0.15, -0.1) is 0 Å². The summed E-state index contributed by atoms with van der Waals surface area (Å²) in [4.78, 5) is 43.6. The number of nitrogens with zero attached hydrogens (tertiary/aromatic N) is 2. The van der Waals surface area contributed by atoms with E-state index in [2.05, 4.69) is 10.6 Å². The van der Waals surface area contributed by atoms with Crippen LogP contribution in [0.1, 0.15) is 75.0 Å². The lowest BCUT2D eigenvalue weighted by molar-refractivity contribution is -0.125. The average molecular weight is 523 g/mol. The fourth-order valence-electron chi connectivity index (χ4n) is 5.83. The number of urea groups is 1. The van der Waals surface area contributed by atoms with Crippen LogP contribution in [0.3, 0.4) is 0 Å². The molecule has 4 rings (SSSR count). The van der Waals surface area contributed by atoms with E-state index in [1.807, 2.05) is 31.2 Å². The molecule has 38 heavy (non-hydrogen) atoms. The summed E-state index contributed by atoms with van der Waals surface area (Å²) in [6.07, 6.45) is 7.44. The van der Waals surface area contributed by atoms with E-state index in [-0.39, 0.29) is 30.3 Å². The Kier molecular flexibility index (Phi) is 9.37. The van der Waals surface area contributed by atoms with Gasteiger partial charge in [-0.1, -0.05) is 49.6 Å². The molecule has 1 saturated carbocycles. The molecule has 2 aliphatic rings. The highest BCUT2D eigenvalue weighted by Gasteiger charge is 2.39. The Morgan fingerprint density at radius 3 is 2.45 bits per heavy atom. The standard InChI is InChI=1S/C30H39FN4O3/c1-21-11-6-7-16-25(21)27(20-28(36)33-23-13-4-3-5-14-23)35(24-15-10-12-22(31)19-24)29(37)26-17-8-9-18-34(26)30(38)32-2/h6-7,10-12,15-16,19,23,26-27H,3-5,8-9,13-14,17-18,20H2,1-2H3,(H,32,38)(H,33,36)/t26-,27-/m1/s1. The number of carbonyl (C=O) groups excluding carboxylic acids is 3. The Morgan fingerprint density at radius 2 is 1.74 bits per heavy atom. The summed E-state index contributed by atoms with van der Waals surface area (Å²) < 4.78 is 14.5. The monoisotopic (exact) mass is 522 g/mol. The van der Waals surface area contributed by atoms with Gasteiger partial charge in [0.1, 0.15) is 11.9 Å². The van der Waals surface area contributed by atoms with E-state index in [9.17, 15) is 18.8 Å². The number of carbonyl (C=O) groups is 3. The molecule has 2 N–H and O–H groups in total. The van der Waals surface area contributed by atoms with Crippen molar-refractivity contribution in [2.75, 3.05) is 18.5 Å². The minimum atomic E-state index is -0.708. The number of benzene rings is 2. The van der Waals surface area contributed by atoms with Crippen LogP contribution >= 0.6 is 0 Å². The van der Waals surface area contributed by atoms with Gasteiger partial charge >= 0.3 is 6.03 Å². The Morgan fingerprint density at radius 1 is 1.00 bits per heavy atom. The van der Waals surface area contributed by atoms with Gasteiger partial charge in [-0.25, -0.2) is 9.18 Å². The van der Waals surface area contributed by atoms with Crippen LogP contribution in [0.4, 0.5) is 14.9 Å². The molecule has 0 spiro atoms. The fourth-order valence-corrected chi connectivity index (χ4v) is 5.83. The molecule has 2 aromatic carbocycles. The van der Waals surface area contributed by atoms with Gasteiger partial charge in [-0.2, -0.15) is 0 Å². The molecule has 1 heterocycles. The Bertz CT molecular complexity index is 1130. The Balaban J connectivity index is 1.75. The fraction of sp³-hybridized carbons (Fsp3) is 0.500. The van der Waals surface area contributed by atoms with Gasteiger partial charge in [-0.05, 0) is 68.4 Å². The zero-order chi connectivity index (χ0) is 27.1. The van der Waals surface area contributed by atoms with E-state index >= 15 is 0 Å². The quantitative estimate of drug-likeness (QED) is 0.522. The zero-order valence-corrected chi connectivity index (χ0v) is 22.4. The molecular formula is C30H39FN4O3. The van der Waals surface area contributed by atoms with E-state index in [0.717, 1.165) is 49.7 Å². The number of rotatable bonds is 7. The van der Waals surface area contributed by atoms with E-state index in [4.69, 9.17) is 0 Å². The van der Waals surface area contributed by atoms with Crippen LogP contribution in [0.25, 0.3) is 0 Å². The van der Waals surface area contributed by atoms with E-state index in [1.165, 1.54) is 18.6 Å².